The van der Waals surface area contributed by atoms with E-state index in [1.807, 2.05) is 30.3 Å². The number of aliphatic hydroxyl groups excluding tert-OH is 1. The number of ether oxygens (including phenoxy) is 3. The third-order valence-electron chi connectivity index (χ3n) is 6.44. The molecule has 0 amide bonds. The van der Waals surface area contributed by atoms with E-state index < -0.39 is 17.1 Å². The monoisotopic (exact) mass is 518 g/mol. The number of carbonyl (C=O) groups is 1. The molecule has 8 nitrogen and oxygen atoms in total. The van der Waals surface area contributed by atoms with Crippen molar-refractivity contribution in [3.8, 4) is 11.5 Å². The molecule has 0 aliphatic carbocycles. The van der Waals surface area contributed by atoms with E-state index >= 15 is 0 Å². The molecule has 1 atom stereocenters. The minimum atomic E-state index is -1.14. The summed E-state index contributed by atoms with van der Waals surface area (Å²) in [5.41, 5.74) is 0.880. The molecule has 9 heteroatoms. The number of carbonyl (C=O) groups excluding carboxylic acids is 1. The van der Waals surface area contributed by atoms with E-state index in [0.29, 0.717) is 23.3 Å². The highest BCUT2D eigenvalue weighted by molar-refractivity contribution is 6.00. The zero-order valence-corrected chi connectivity index (χ0v) is 21.1. The maximum atomic E-state index is 13.8. The fraction of sp³-hybridized carbons (Fsp3) is 0.276. The van der Waals surface area contributed by atoms with Crippen LogP contribution in [0.2, 0.25) is 0 Å². The SMILES string of the molecule is CCOC(=O)c1c(OCc2ccccc2)c2ncc(Cc3ccc(F)cc3)c3c2n(c1=O)CC(C)(CO)O3. The lowest BCUT2D eigenvalue weighted by atomic mass is 10.00. The smallest absolute Gasteiger partial charge is 0.347 e. The number of hydrogen-bond donors (Lipinski definition) is 1. The van der Waals surface area contributed by atoms with E-state index in [4.69, 9.17) is 14.2 Å². The fourth-order valence-electron chi connectivity index (χ4n) is 4.55. The first-order valence-corrected chi connectivity index (χ1v) is 12.3. The van der Waals surface area contributed by atoms with Gasteiger partial charge in [0.25, 0.3) is 5.56 Å². The maximum absolute atomic E-state index is 13.8. The highest BCUT2D eigenvalue weighted by Gasteiger charge is 2.38. The van der Waals surface area contributed by atoms with Crippen molar-refractivity contribution >= 4 is 17.0 Å². The number of aromatic nitrogens is 2. The van der Waals surface area contributed by atoms with Crippen molar-refractivity contribution in [2.24, 2.45) is 0 Å². The second-order valence-corrected chi connectivity index (χ2v) is 9.41. The first-order chi connectivity index (χ1) is 18.3. The molecule has 0 radical (unpaired) electrons. The molecule has 3 heterocycles. The molecule has 2 aromatic carbocycles. The van der Waals surface area contributed by atoms with E-state index in [-0.39, 0.29) is 49.0 Å². The molecule has 0 saturated carbocycles. The average molecular weight is 519 g/mol. The van der Waals surface area contributed by atoms with Gasteiger partial charge in [-0.15, -0.1) is 0 Å². The molecule has 1 unspecified atom stereocenters. The van der Waals surface area contributed by atoms with Crippen LogP contribution in [0.4, 0.5) is 4.39 Å². The van der Waals surface area contributed by atoms with Crippen LogP contribution < -0.4 is 15.0 Å². The average Bonchev–Trinajstić information content (AvgIpc) is 2.92. The molecule has 5 rings (SSSR count). The van der Waals surface area contributed by atoms with E-state index in [9.17, 15) is 19.1 Å². The molecule has 0 spiro atoms. The van der Waals surface area contributed by atoms with Gasteiger partial charge in [0.1, 0.15) is 29.1 Å². The van der Waals surface area contributed by atoms with Gasteiger partial charge in [0, 0.05) is 18.2 Å². The van der Waals surface area contributed by atoms with Gasteiger partial charge >= 0.3 is 5.97 Å². The van der Waals surface area contributed by atoms with Crippen molar-refractivity contribution in [1.29, 1.82) is 0 Å². The standard InChI is InChI=1S/C29H27FN2O6/c1-3-36-28(35)22-26(37-15-19-7-5-4-6-8-19)23-24-25(38-29(2,17-33)16-32(24)27(22)34)20(14-31-23)13-18-9-11-21(30)12-10-18/h4-12,14,33H,3,13,15-17H2,1-2H3. The Labute approximate surface area is 218 Å². The number of aliphatic hydroxyl groups is 1. The van der Waals surface area contributed by atoms with Gasteiger partial charge in [0.2, 0.25) is 0 Å². The summed E-state index contributed by atoms with van der Waals surface area (Å²) >= 11 is 0. The lowest BCUT2D eigenvalue weighted by Crippen LogP contribution is -2.47. The Balaban J connectivity index is 1.73. The van der Waals surface area contributed by atoms with E-state index in [1.165, 1.54) is 16.7 Å². The summed E-state index contributed by atoms with van der Waals surface area (Å²) in [6.45, 7) is 3.11. The Morgan fingerprint density at radius 3 is 2.58 bits per heavy atom. The number of halogens is 1. The van der Waals surface area contributed by atoms with Crippen LogP contribution in [0.5, 0.6) is 11.5 Å². The fourth-order valence-corrected chi connectivity index (χ4v) is 4.55. The molecular weight excluding hydrogens is 491 g/mol. The topological polar surface area (TPSA) is 99.9 Å². The van der Waals surface area contributed by atoms with Crippen molar-refractivity contribution in [3.63, 3.8) is 0 Å². The Bertz CT molecular complexity index is 1550. The lowest BCUT2D eigenvalue weighted by molar-refractivity contribution is 0.00338. The van der Waals surface area contributed by atoms with Crippen LogP contribution in [0.3, 0.4) is 0 Å². The lowest BCUT2D eigenvalue weighted by Gasteiger charge is -2.36. The summed E-state index contributed by atoms with van der Waals surface area (Å²) in [6.07, 6.45) is 1.93. The predicted octanol–water partition coefficient (Wildman–Crippen LogP) is 4.03. The van der Waals surface area contributed by atoms with Gasteiger partial charge in [-0.05, 0) is 37.1 Å². The molecule has 38 heavy (non-hydrogen) atoms. The molecule has 1 aliphatic rings. The highest BCUT2D eigenvalue weighted by atomic mass is 19.1. The van der Waals surface area contributed by atoms with E-state index in [2.05, 4.69) is 4.98 Å². The Hall–Kier alpha value is -4.24. The van der Waals surface area contributed by atoms with Gasteiger partial charge < -0.3 is 19.3 Å². The summed E-state index contributed by atoms with van der Waals surface area (Å²) < 4.78 is 32.5. The molecule has 1 aliphatic heterocycles. The second-order valence-electron chi connectivity index (χ2n) is 9.41. The third kappa shape index (κ3) is 4.72. The van der Waals surface area contributed by atoms with Crippen LogP contribution in [0, 0.1) is 5.82 Å². The zero-order valence-electron chi connectivity index (χ0n) is 21.1. The van der Waals surface area contributed by atoms with Crippen molar-refractivity contribution in [3.05, 3.63) is 99.2 Å². The van der Waals surface area contributed by atoms with E-state index in [0.717, 1.165) is 11.1 Å². The molecular formula is C29H27FN2O6. The van der Waals surface area contributed by atoms with Gasteiger partial charge in [-0.1, -0.05) is 42.5 Å². The van der Waals surface area contributed by atoms with Crippen LogP contribution in [-0.2, 0) is 24.3 Å². The first kappa shape index (κ1) is 25.4. The number of esters is 1. The summed E-state index contributed by atoms with van der Waals surface area (Å²) in [7, 11) is 0. The quantitative estimate of drug-likeness (QED) is 0.352. The van der Waals surface area contributed by atoms with Gasteiger partial charge in [-0.3, -0.25) is 14.3 Å². The molecule has 2 aromatic heterocycles. The number of rotatable bonds is 8. The van der Waals surface area contributed by atoms with Crippen LogP contribution in [0.25, 0.3) is 11.0 Å². The Morgan fingerprint density at radius 1 is 1.16 bits per heavy atom. The number of benzene rings is 2. The summed E-state index contributed by atoms with van der Waals surface area (Å²) in [5.74, 6) is -0.813. The molecule has 4 aromatic rings. The van der Waals surface area contributed by atoms with Crippen LogP contribution in [0.15, 0.2) is 65.6 Å². The van der Waals surface area contributed by atoms with Crippen LogP contribution in [0.1, 0.15) is 40.9 Å². The second kappa shape index (κ2) is 10.3. The Kier molecular flexibility index (Phi) is 6.86. The minimum Gasteiger partial charge on any atom is -0.485 e. The number of pyridine rings is 2. The molecule has 0 saturated heterocycles. The summed E-state index contributed by atoms with van der Waals surface area (Å²) in [4.78, 5) is 31.5. The van der Waals surface area contributed by atoms with Gasteiger partial charge in [-0.2, -0.15) is 0 Å². The highest BCUT2D eigenvalue weighted by Crippen LogP contribution is 2.40. The molecule has 0 fully saturated rings. The van der Waals surface area contributed by atoms with Crippen molar-refractivity contribution in [2.45, 2.75) is 39.0 Å². The molecule has 196 valence electrons. The number of hydrogen-bond acceptors (Lipinski definition) is 7. The van der Waals surface area contributed by atoms with Crippen LogP contribution >= 0.6 is 0 Å². The zero-order chi connectivity index (χ0) is 26.9. The minimum absolute atomic E-state index is 0.00865. The van der Waals surface area contributed by atoms with Gasteiger partial charge in [-0.25, -0.2) is 9.18 Å². The Morgan fingerprint density at radius 2 is 1.89 bits per heavy atom. The van der Waals surface area contributed by atoms with Crippen molar-refractivity contribution in [1.82, 2.24) is 9.55 Å². The number of nitrogens with zero attached hydrogens (tertiary/aromatic N) is 2. The van der Waals surface area contributed by atoms with Crippen molar-refractivity contribution in [2.75, 3.05) is 13.2 Å². The maximum Gasteiger partial charge on any atom is 0.347 e. The van der Waals surface area contributed by atoms with Gasteiger partial charge in [0.05, 0.1) is 19.8 Å². The van der Waals surface area contributed by atoms with Gasteiger partial charge in [0.15, 0.2) is 17.1 Å². The summed E-state index contributed by atoms with van der Waals surface area (Å²) in [5, 5.41) is 10.1. The van der Waals surface area contributed by atoms with Crippen molar-refractivity contribution < 1.29 is 28.5 Å². The summed E-state index contributed by atoms with van der Waals surface area (Å²) in [6, 6.07) is 15.4. The molecule has 1 N–H and O–H groups in total. The van der Waals surface area contributed by atoms with E-state index in [1.54, 1.807) is 32.2 Å². The first-order valence-electron chi connectivity index (χ1n) is 12.3. The normalized spacial score (nSPS) is 16.2. The largest absolute Gasteiger partial charge is 0.485 e. The predicted molar refractivity (Wildman–Crippen MR) is 138 cm³/mol. The third-order valence-corrected chi connectivity index (χ3v) is 6.44. The molecule has 0 bridgehead atoms. The van der Waals surface area contributed by atoms with Crippen LogP contribution in [-0.4, -0.2) is 39.4 Å².